The van der Waals surface area contributed by atoms with E-state index in [9.17, 15) is 70.2 Å². The van der Waals surface area contributed by atoms with E-state index >= 15 is 0 Å². The third-order valence-corrected chi connectivity index (χ3v) is 9.89. The van der Waals surface area contributed by atoms with Gasteiger partial charge in [0.25, 0.3) is 0 Å². The third kappa shape index (κ3) is 11.7. The van der Waals surface area contributed by atoms with E-state index in [1.807, 2.05) is 96.9 Å². The maximum absolute atomic E-state index is 13.4. The van der Waals surface area contributed by atoms with Crippen LogP contribution in [0.2, 0.25) is 0 Å². The van der Waals surface area contributed by atoms with E-state index in [0.717, 1.165) is 0 Å². The van der Waals surface area contributed by atoms with E-state index in [1.165, 1.54) is 17.1 Å². The molecule has 7 aromatic carbocycles. The minimum absolute atomic E-state index is 1.16. The molecule has 0 aliphatic heterocycles. The molecule has 0 saturated heterocycles. The summed E-state index contributed by atoms with van der Waals surface area (Å²) in [6, 6.07) is 30.8. The summed E-state index contributed by atoms with van der Waals surface area (Å²) in [5.74, 6) is -34.1. The summed E-state index contributed by atoms with van der Waals surface area (Å²) >= 11 is 0. The second kappa shape index (κ2) is 23.6. The van der Waals surface area contributed by atoms with Crippen LogP contribution in [0.1, 0.15) is 0 Å². The molecule has 376 valence electrons. The van der Waals surface area contributed by atoms with Gasteiger partial charge in [-0.2, -0.15) is 0 Å². The van der Waals surface area contributed by atoms with E-state index in [0.29, 0.717) is 0 Å². The Hall–Kier alpha value is -7.24. The zero-order chi connectivity index (χ0) is 53.5. The second-order valence-electron chi connectivity index (χ2n) is 15.1. The predicted molar refractivity (Wildman–Crippen MR) is 236 cm³/mol. The molecule has 7 aromatic rings. The van der Waals surface area contributed by atoms with Crippen LogP contribution in [0.4, 0.5) is 87.3 Å². The summed E-state index contributed by atoms with van der Waals surface area (Å²) in [5.41, 5.74) is -5.54. The van der Waals surface area contributed by atoms with Crippen LogP contribution in [0, 0.1) is 93.1 Å². The van der Waals surface area contributed by atoms with Gasteiger partial charge >= 0.3 is 7.32 Å². The Balaban J connectivity index is 0.000000199. The molecule has 0 heterocycles. The Morgan fingerprint density at radius 3 is 0.437 bits per heavy atom. The van der Waals surface area contributed by atoms with Gasteiger partial charge in [0.15, 0.2) is 93.1 Å². The maximum Gasteiger partial charge on any atom is 0.631 e. The Morgan fingerprint density at radius 2 is 0.352 bits per heavy atom. The summed E-state index contributed by atoms with van der Waals surface area (Å²) in [6.45, 7) is 0. The normalized spacial score (nSPS) is 10.6. The summed E-state index contributed by atoms with van der Waals surface area (Å²) in [7, 11) is 10.1. The standard InChI is InChI=1S/2C12F8.3C8H11N.BH3O3/c2*13-5-1-2(6(14)10(18)9(5)17)4-3(1)7(15)11(19)12(20)8(4)16;3*1-9(2)8-6-4-3-5-7-8;2-1(3)4/h;;3*3-7H,1-2H3;2-4H. The zero-order valence-corrected chi connectivity index (χ0v) is 37.5. The minimum Gasteiger partial charge on any atom is -0.402 e. The van der Waals surface area contributed by atoms with E-state index in [1.54, 1.807) is 0 Å². The van der Waals surface area contributed by atoms with Gasteiger partial charge in [-0.15, -0.1) is 0 Å². The highest BCUT2D eigenvalue weighted by Gasteiger charge is 2.44. The number of hydrogen-bond acceptors (Lipinski definition) is 6. The smallest absolute Gasteiger partial charge is 0.402 e. The fourth-order valence-corrected chi connectivity index (χ4v) is 6.46. The highest BCUT2D eigenvalue weighted by molar-refractivity contribution is 6.30. The third-order valence-electron chi connectivity index (χ3n) is 9.89. The minimum atomic E-state index is -2.25. The van der Waals surface area contributed by atoms with E-state index in [2.05, 4.69) is 51.1 Å². The molecular formula is C48H36BF16N3O3. The molecule has 0 aromatic heterocycles. The van der Waals surface area contributed by atoms with Crippen molar-refractivity contribution in [2.45, 2.75) is 0 Å². The van der Waals surface area contributed by atoms with Crippen LogP contribution in [0.3, 0.4) is 0 Å². The number of para-hydroxylation sites is 3. The highest BCUT2D eigenvalue weighted by atomic mass is 19.2. The van der Waals surface area contributed by atoms with E-state index in [-0.39, 0.29) is 0 Å². The van der Waals surface area contributed by atoms with Gasteiger partial charge in [0, 0.05) is 104 Å². The average molecular weight is 1020 g/mol. The first-order chi connectivity index (χ1) is 33.2. The Labute approximate surface area is 394 Å². The molecule has 2 aliphatic rings. The average Bonchev–Trinajstić information content (AvgIpc) is 3.33. The number of fused-ring (bicyclic) bond motifs is 8. The fourth-order valence-electron chi connectivity index (χ4n) is 6.46. The Bertz CT molecular complexity index is 2490. The molecule has 0 saturated carbocycles. The number of benzene rings is 7. The van der Waals surface area contributed by atoms with Crippen LogP contribution >= 0.6 is 0 Å². The molecule has 0 radical (unpaired) electrons. The molecule has 3 N–H and O–H groups in total. The van der Waals surface area contributed by atoms with Crippen molar-refractivity contribution in [3.63, 3.8) is 0 Å². The lowest BCUT2D eigenvalue weighted by Crippen LogP contribution is -2.16. The van der Waals surface area contributed by atoms with Crippen LogP contribution in [-0.2, 0) is 0 Å². The molecule has 23 heteroatoms. The molecule has 0 amide bonds. The van der Waals surface area contributed by atoms with Gasteiger partial charge in [0.1, 0.15) is 0 Å². The van der Waals surface area contributed by atoms with E-state index < -0.39 is 145 Å². The molecule has 71 heavy (non-hydrogen) atoms. The van der Waals surface area contributed by atoms with Crippen molar-refractivity contribution in [1.82, 2.24) is 0 Å². The van der Waals surface area contributed by atoms with Crippen molar-refractivity contribution in [2.75, 3.05) is 57.0 Å². The van der Waals surface area contributed by atoms with Gasteiger partial charge in [-0.05, 0) is 36.4 Å². The SMILES string of the molecule is CN(C)c1ccccc1.CN(C)c1ccccc1.CN(C)c1ccccc1.Fc1c(F)c(F)c2c(c1F)-c1c(F)c(F)c(F)c(F)c1-2.Fc1c(F)c(F)c2c(c1F)-c1c(F)c(F)c(F)c(F)c1-2.OB(O)O. The van der Waals surface area contributed by atoms with Gasteiger partial charge in [-0.3, -0.25) is 0 Å². The van der Waals surface area contributed by atoms with Crippen LogP contribution in [-0.4, -0.2) is 64.7 Å². The molecule has 2 aliphatic carbocycles. The molecule has 0 spiro atoms. The van der Waals surface area contributed by atoms with Crippen molar-refractivity contribution in [1.29, 1.82) is 0 Å². The number of nitrogens with zero attached hydrogens (tertiary/aromatic N) is 3. The lowest BCUT2D eigenvalue weighted by Gasteiger charge is -2.26. The summed E-state index contributed by atoms with van der Waals surface area (Å²) in [6.07, 6.45) is 0. The van der Waals surface area contributed by atoms with Crippen molar-refractivity contribution in [3.05, 3.63) is 184 Å². The molecule has 0 bridgehead atoms. The van der Waals surface area contributed by atoms with Gasteiger partial charge in [-0.1, -0.05) is 54.6 Å². The van der Waals surface area contributed by atoms with Crippen molar-refractivity contribution in [3.8, 4) is 44.5 Å². The van der Waals surface area contributed by atoms with Crippen LogP contribution < -0.4 is 14.7 Å². The number of halogens is 16. The zero-order valence-electron chi connectivity index (χ0n) is 37.5. The molecule has 0 atom stereocenters. The van der Waals surface area contributed by atoms with E-state index in [4.69, 9.17) is 15.1 Å². The fraction of sp³-hybridized carbons (Fsp3) is 0.125. The van der Waals surface area contributed by atoms with Gasteiger partial charge in [0.05, 0.1) is 0 Å². The molecular weight excluding hydrogens is 981 g/mol. The monoisotopic (exact) mass is 1020 g/mol. The van der Waals surface area contributed by atoms with Gasteiger partial charge < -0.3 is 29.8 Å². The molecule has 9 rings (SSSR count). The molecule has 0 fully saturated rings. The topological polar surface area (TPSA) is 70.4 Å². The van der Waals surface area contributed by atoms with Crippen LogP contribution in [0.15, 0.2) is 91.0 Å². The summed E-state index contributed by atoms with van der Waals surface area (Å²) in [5, 5.41) is 21.5. The van der Waals surface area contributed by atoms with Crippen molar-refractivity contribution >= 4 is 24.4 Å². The van der Waals surface area contributed by atoms with Crippen molar-refractivity contribution in [2.24, 2.45) is 0 Å². The predicted octanol–water partition coefficient (Wildman–Crippen LogP) is 12.1. The first kappa shape index (κ1) is 56.4. The van der Waals surface area contributed by atoms with Crippen LogP contribution in [0.25, 0.3) is 44.5 Å². The Morgan fingerprint density at radius 1 is 0.239 bits per heavy atom. The first-order valence-corrected chi connectivity index (χ1v) is 19.9. The number of anilines is 3. The maximum atomic E-state index is 13.4. The van der Waals surface area contributed by atoms with Crippen molar-refractivity contribution < 1.29 is 85.3 Å². The number of rotatable bonds is 3. The highest BCUT2D eigenvalue weighted by Crippen LogP contribution is 2.55. The van der Waals surface area contributed by atoms with Gasteiger partial charge in [-0.25, -0.2) is 70.2 Å². The lowest BCUT2D eigenvalue weighted by atomic mass is 9.78. The van der Waals surface area contributed by atoms with Gasteiger partial charge in [0.2, 0.25) is 0 Å². The first-order valence-electron chi connectivity index (χ1n) is 19.9. The quantitative estimate of drug-likeness (QED) is 0.0709. The molecule has 0 unspecified atom stereocenters. The van der Waals surface area contributed by atoms with Crippen LogP contribution in [0.5, 0.6) is 0 Å². The molecule has 6 nitrogen and oxygen atoms in total. The lowest BCUT2D eigenvalue weighted by molar-refractivity contribution is 0.278. The second-order valence-corrected chi connectivity index (χ2v) is 15.1. The summed E-state index contributed by atoms with van der Waals surface area (Å²) < 4.78 is 211. The number of hydrogen-bond donors (Lipinski definition) is 3. The largest absolute Gasteiger partial charge is 0.631 e. The summed E-state index contributed by atoms with van der Waals surface area (Å²) in [4.78, 5) is 6.25. The Kier molecular flexibility index (Phi) is 18.7.